The third-order valence-corrected chi connectivity index (χ3v) is 6.04. The minimum atomic E-state index is -0.501. The van der Waals surface area contributed by atoms with Crippen LogP contribution >= 0.6 is 11.8 Å². The number of ether oxygens (including phenoxy) is 1. The lowest BCUT2D eigenvalue weighted by Gasteiger charge is -2.15. The third-order valence-electron chi connectivity index (χ3n) is 5.03. The van der Waals surface area contributed by atoms with Crippen molar-refractivity contribution in [2.75, 3.05) is 13.7 Å². The summed E-state index contributed by atoms with van der Waals surface area (Å²) >= 11 is 1.26. The van der Waals surface area contributed by atoms with Gasteiger partial charge in [-0.05, 0) is 53.6 Å². The molecule has 0 aromatic heterocycles. The quantitative estimate of drug-likeness (QED) is 0.266. The van der Waals surface area contributed by atoms with E-state index in [0.717, 1.165) is 11.3 Å². The van der Waals surface area contributed by atoms with Crippen molar-refractivity contribution in [2.45, 2.75) is 6.42 Å². The monoisotopic (exact) mass is 459 g/mol. The molecule has 1 fully saturated rings. The van der Waals surface area contributed by atoms with Crippen LogP contribution in [0, 0.1) is 10.1 Å². The molecule has 1 aliphatic rings. The number of hydrogen-bond donors (Lipinski definition) is 0. The van der Waals surface area contributed by atoms with Crippen LogP contribution in [0.1, 0.15) is 11.1 Å². The minimum Gasteiger partial charge on any atom is -0.490 e. The van der Waals surface area contributed by atoms with Crippen molar-refractivity contribution in [1.29, 1.82) is 0 Å². The fraction of sp³-hybridized carbons (Fsp3) is 0.120. The number of amides is 1. The van der Waals surface area contributed by atoms with E-state index >= 15 is 0 Å². The zero-order valence-corrected chi connectivity index (χ0v) is 18.7. The Kier molecular flexibility index (Phi) is 6.85. The summed E-state index contributed by atoms with van der Waals surface area (Å²) in [7, 11) is 1.38. The number of hydrogen-bond acceptors (Lipinski definition) is 6. The number of nitro benzene ring substituents is 1. The maximum atomic E-state index is 13.3. The van der Waals surface area contributed by atoms with Crippen molar-refractivity contribution in [1.82, 2.24) is 4.90 Å². The highest BCUT2D eigenvalue weighted by atomic mass is 32.2. The third kappa shape index (κ3) is 5.30. The highest BCUT2D eigenvalue weighted by Gasteiger charge is 2.33. The van der Waals surface area contributed by atoms with Crippen LogP contribution in [0.25, 0.3) is 6.08 Å². The number of para-hydroxylation sites is 1. The van der Waals surface area contributed by atoms with Crippen LogP contribution in [-0.2, 0) is 11.2 Å². The lowest BCUT2D eigenvalue weighted by molar-refractivity contribution is -0.385. The summed E-state index contributed by atoms with van der Waals surface area (Å²) in [6.07, 6.45) is 2.34. The van der Waals surface area contributed by atoms with E-state index in [-0.39, 0.29) is 17.3 Å². The normalized spacial score (nSPS) is 15.9. The first kappa shape index (κ1) is 22.3. The molecule has 4 rings (SSSR count). The van der Waals surface area contributed by atoms with E-state index in [0.29, 0.717) is 28.6 Å². The largest absolute Gasteiger partial charge is 0.490 e. The molecule has 33 heavy (non-hydrogen) atoms. The van der Waals surface area contributed by atoms with Crippen LogP contribution < -0.4 is 4.74 Å². The van der Waals surface area contributed by atoms with E-state index in [4.69, 9.17) is 4.74 Å². The number of aliphatic imine (C=N–C) groups is 1. The van der Waals surface area contributed by atoms with Crippen molar-refractivity contribution >= 4 is 40.3 Å². The molecule has 3 aromatic rings. The molecule has 8 heteroatoms. The zero-order valence-electron chi connectivity index (χ0n) is 17.9. The van der Waals surface area contributed by atoms with Crippen LogP contribution in [0.3, 0.4) is 0 Å². The highest BCUT2D eigenvalue weighted by Crippen LogP contribution is 2.36. The number of rotatable bonds is 7. The van der Waals surface area contributed by atoms with Gasteiger partial charge >= 0.3 is 5.69 Å². The van der Waals surface area contributed by atoms with E-state index in [2.05, 4.69) is 4.99 Å². The fourth-order valence-corrected chi connectivity index (χ4v) is 4.40. The first-order chi connectivity index (χ1) is 16.0. The molecule has 0 saturated carbocycles. The molecule has 3 aromatic carbocycles. The van der Waals surface area contributed by atoms with E-state index in [1.165, 1.54) is 31.0 Å². The maximum absolute atomic E-state index is 13.3. The predicted octanol–water partition coefficient (Wildman–Crippen LogP) is 5.45. The van der Waals surface area contributed by atoms with Crippen molar-refractivity contribution < 1.29 is 14.5 Å². The molecular weight excluding hydrogens is 438 g/mol. The number of carbonyl (C=O) groups is 1. The molecule has 0 atom stereocenters. The second-order valence-corrected chi connectivity index (χ2v) is 8.23. The van der Waals surface area contributed by atoms with Crippen LogP contribution in [-0.4, -0.2) is 34.6 Å². The lowest BCUT2D eigenvalue weighted by Crippen LogP contribution is -2.31. The molecule has 0 N–H and O–H groups in total. The van der Waals surface area contributed by atoms with Gasteiger partial charge in [0, 0.05) is 12.6 Å². The minimum absolute atomic E-state index is 0.151. The number of nitro groups is 1. The molecule has 0 unspecified atom stereocenters. The van der Waals surface area contributed by atoms with E-state index in [1.54, 1.807) is 17.0 Å². The number of methoxy groups -OCH3 is 1. The standard InChI is InChI=1S/C25H21N3O4S/c1-32-22-13-12-19(16-21(22)28(30)31)17-23-24(29)27(15-14-18-8-4-2-5-9-18)25(33-23)26-20-10-6-3-7-11-20/h2-13,16-17H,14-15H2,1H3/b23-17+,26-25?. The van der Waals surface area contributed by atoms with Gasteiger partial charge in [0.15, 0.2) is 10.9 Å². The van der Waals surface area contributed by atoms with Crippen molar-refractivity contribution in [3.05, 3.63) is 105 Å². The van der Waals surface area contributed by atoms with Crippen molar-refractivity contribution in [3.63, 3.8) is 0 Å². The van der Waals surface area contributed by atoms with Gasteiger partial charge in [-0.2, -0.15) is 0 Å². The van der Waals surface area contributed by atoms with Crippen molar-refractivity contribution in [2.24, 2.45) is 4.99 Å². The second-order valence-electron chi connectivity index (χ2n) is 7.22. The Morgan fingerprint density at radius 2 is 1.76 bits per heavy atom. The van der Waals surface area contributed by atoms with Gasteiger partial charge in [-0.1, -0.05) is 54.6 Å². The van der Waals surface area contributed by atoms with Gasteiger partial charge < -0.3 is 4.74 Å². The summed E-state index contributed by atoms with van der Waals surface area (Å²) in [5.41, 5.74) is 2.26. The molecule has 1 aliphatic heterocycles. The Morgan fingerprint density at radius 1 is 1.06 bits per heavy atom. The average molecular weight is 460 g/mol. The maximum Gasteiger partial charge on any atom is 0.311 e. The molecule has 0 spiro atoms. The number of amidine groups is 1. The molecule has 7 nitrogen and oxygen atoms in total. The summed E-state index contributed by atoms with van der Waals surface area (Å²) in [5.74, 6) is -0.00699. The molecule has 166 valence electrons. The molecule has 1 saturated heterocycles. The van der Waals surface area contributed by atoms with Crippen LogP contribution in [0.2, 0.25) is 0 Å². The molecule has 0 radical (unpaired) electrons. The van der Waals surface area contributed by atoms with Gasteiger partial charge in [-0.25, -0.2) is 4.99 Å². The van der Waals surface area contributed by atoms with Gasteiger partial charge in [-0.3, -0.25) is 19.8 Å². The smallest absolute Gasteiger partial charge is 0.311 e. The first-order valence-corrected chi connectivity index (χ1v) is 11.1. The molecule has 0 bridgehead atoms. The van der Waals surface area contributed by atoms with Gasteiger partial charge in [-0.15, -0.1) is 0 Å². The Morgan fingerprint density at radius 3 is 2.42 bits per heavy atom. The Bertz CT molecular complexity index is 1230. The molecule has 0 aliphatic carbocycles. The van der Waals surface area contributed by atoms with Crippen LogP contribution in [0.15, 0.2) is 88.8 Å². The Hall–Kier alpha value is -3.91. The van der Waals surface area contributed by atoms with Crippen LogP contribution in [0.4, 0.5) is 11.4 Å². The number of benzene rings is 3. The van der Waals surface area contributed by atoms with Gasteiger partial charge in [0.05, 0.1) is 22.6 Å². The summed E-state index contributed by atoms with van der Waals surface area (Å²) in [5, 5.41) is 11.9. The summed E-state index contributed by atoms with van der Waals surface area (Å²) < 4.78 is 5.07. The van der Waals surface area contributed by atoms with Gasteiger partial charge in [0.2, 0.25) is 0 Å². The van der Waals surface area contributed by atoms with E-state index in [9.17, 15) is 14.9 Å². The van der Waals surface area contributed by atoms with E-state index < -0.39 is 4.92 Å². The molecule has 1 heterocycles. The lowest BCUT2D eigenvalue weighted by atomic mass is 10.1. The van der Waals surface area contributed by atoms with Gasteiger partial charge in [0.1, 0.15) is 0 Å². The summed E-state index contributed by atoms with van der Waals surface area (Å²) in [6, 6.07) is 24.0. The first-order valence-electron chi connectivity index (χ1n) is 10.3. The predicted molar refractivity (Wildman–Crippen MR) is 131 cm³/mol. The number of thioether (sulfide) groups is 1. The topological polar surface area (TPSA) is 85.0 Å². The summed E-state index contributed by atoms with van der Waals surface area (Å²) in [4.78, 5) is 30.9. The van der Waals surface area contributed by atoms with E-state index in [1.807, 2.05) is 60.7 Å². The molecular formula is C25H21N3O4S. The second kappa shape index (κ2) is 10.1. The van der Waals surface area contributed by atoms with Crippen LogP contribution in [0.5, 0.6) is 5.75 Å². The Labute approximate surface area is 195 Å². The fourth-order valence-electron chi connectivity index (χ4n) is 3.38. The summed E-state index contributed by atoms with van der Waals surface area (Å²) in [6.45, 7) is 0.474. The SMILES string of the molecule is COc1ccc(/C=C2/SC(=Nc3ccccc3)N(CCc3ccccc3)C2=O)cc1[N+](=O)[O-]. The highest BCUT2D eigenvalue weighted by molar-refractivity contribution is 8.18. The average Bonchev–Trinajstić information content (AvgIpc) is 3.12. The van der Waals surface area contributed by atoms with Crippen molar-refractivity contribution in [3.8, 4) is 5.75 Å². The van der Waals surface area contributed by atoms with Gasteiger partial charge in [0.25, 0.3) is 5.91 Å². The molecule has 1 amide bonds. The Balaban J connectivity index is 1.66. The number of carbonyl (C=O) groups excluding carboxylic acids is 1. The zero-order chi connectivity index (χ0) is 23.2. The number of nitrogens with zero attached hydrogens (tertiary/aromatic N) is 3.